The molecule has 18 heavy (non-hydrogen) atoms. The highest BCUT2D eigenvalue weighted by Gasteiger charge is 2.21. The number of hydrazine groups is 1. The van der Waals surface area contributed by atoms with Crippen molar-refractivity contribution >= 4 is 5.91 Å². The summed E-state index contributed by atoms with van der Waals surface area (Å²) in [7, 11) is 1.75. The third-order valence-corrected chi connectivity index (χ3v) is 3.36. The van der Waals surface area contributed by atoms with Crippen LogP contribution >= 0.6 is 0 Å². The van der Waals surface area contributed by atoms with E-state index in [1.807, 2.05) is 0 Å². The second kappa shape index (κ2) is 5.99. The Morgan fingerprint density at radius 1 is 1.61 bits per heavy atom. The van der Waals surface area contributed by atoms with E-state index < -0.39 is 0 Å². The van der Waals surface area contributed by atoms with Gasteiger partial charge >= 0.3 is 0 Å². The summed E-state index contributed by atoms with van der Waals surface area (Å²) in [6, 6.07) is 1.64. The van der Waals surface area contributed by atoms with Crippen molar-refractivity contribution in [3.05, 3.63) is 23.7 Å². The van der Waals surface area contributed by atoms with Crippen LogP contribution < -0.4 is 11.3 Å². The number of likely N-dealkylation sites (tertiary alicyclic amines) is 1. The second-order valence-corrected chi connectivity index (χ2v) is 4.44. The molecule has 1 saturated heterocycles. The molecule has 0 radical (unpaired) electrons. The van der Waals surface area contributed by atoms with Gasteiger partial charge in [0.1, 0.15) is 5.76 Å². The lowest BCUT2D eigenvalue weighted by Gasteiger charge is -2.30. The van der Waals surface area contributed by atoms with Crippen LogP contribution in [0.15, 0.2) is 16.7 Å². The lowest BCUT2D eigenvalue weighted by atomic mass is 10.1. The molecule has 1 fully saturated rings. The number of hydrogen-bond donors (Lipinski definition) is 2. The molecule has 6 nitrogen and oxygen atoms in total. The van der Waals surface area contributed by atoms with Gasteiger partial charge in [-0.3, -0.25) is 15.1 Å². The van der Waals surface area contributed by atoms with Gasteiger partial charge in [-0.1, -0.05) is 0 Å². The molecule has 0 saturated carbocycles. The molecule has 1 amide bonds. The average Bonchev–Trinajstić information content (AvgIpc) is 2.87. The molecule has 0 unspecified atom stereocenters. The molecule has 1 aromatic rings. The Morgan fingerprint density at radius 3 is 2.94 bits per heavy atom. The van der Waals surface area contributed by atoms with Gasteiger partial charge in [0.2, 0.25) is 0 Å². The van der Waals surface area contributed by atoms with Gasteiger partial charge in [-0.05, 0) is 18.9 Å². The number of furan rings is 1. The van der Waals surface area contributed by atoms with E-state index in [9.17, 15) is 4.79 Å². The zero-order valence-electron chi connectivity index (χ0n) is 10.5. The minimum atomic E-state index is -0.314. The number of nitrogens with one attached hydrogen (secondary N) is 1. The first kappa shape index (κ1) is 13.1. The number of ether oxygens (including phenoxy) is 1. The van der Waals surface area contributed by atoms with Crippen LogP contribution in [0.4, 0.5) is 0 Å². The van der Waals surface area contributed by atoms with E-state index in [1.165, 1.54) is 6.26 Å². The Balaban J connectivity index is 1.94. The number of nitrogens with zero attached hydrogens (tertiary/aromatic N) is 1. The van der Waals surface area contributed by atoms with Gasteiger partial charge in [0.15, 0.2) is 0 Å². The normalized spacial score (nSPS) is 17.9. The van der Waals surface area contributed by atoms with Crippen molar-refractivity contribution in [1.29, 1.82) is 0 Å². The number of amides is 1. The van der Waals surface area contributed by atoms with Crippen molar-refractivity contribution in [2.75, 3.05) is 20.2 Å². The third kappa shape index (κ3) is 2.90. The van der Waals surface area contributed by atoms with Crippen molar-refractivity contribution < 1.29 is 13.9 Å². The molecule has 3 N–H and O–H groups in total. The molecule has 100 valence electrons. The molecule has 1 aromatic heterocycles. The monoisotopic (exact) mass is 253 g/mol. The quantitative estimate of drug-likeness (QED) is 0.464. The van der Waals surface area contributed by atoms with Gasteiger partial charge in [-0.2, -0.15) is 0 Å². The standard InChI is InChI=1S/C12H19N3O3/c1-17-9-2-5-15(6-3-9)8-11-10(4-7-18-11)12(16)14-13/h4,7,9H,2-3,5-6,8,13H2,1H3,(H,14,16). The predicted octanol–water partition coefficient (Wildman–Crippen LogP) is 0.494. The van der Waals surface area contributed by atoms with Gasteiger partial charge in [0, 0.05) is 20.2 Å². The minimum absolute atomic E-state index is 0.314. The topological polar surface area (TPSA) is 80.7 Å². The molecule has 0 atom stereocenters. The van der Waals surface area contributed by atoms with Crippen molar-refractivity contribution in [3.8, 4) is 0 Å². The number of nitrogens with two attached hydrogens (primary N) is 1. The number of piperidine rings is 1. The van der Waals surface area contributed by atoms with Gasteiger partial charge in [0.25, 0.3) is 5.91 Å². The van der Waals surface area contributed by atoms with E-state index >= 15 is 0 Å². The maximum atomic E-state index is 11.5. The van der Waals surface area contributed by atoms with Gasteiger partial charge < -0.3 is 9.15 Å². The lowest BCUT2D eigenvalue weighted by Crippen LogP contribution is -2.37. The molecule has 6 heteroatoms. The lowest BCUT2D eigenvalue weighted by molar-refractivity contribution is 0.0368. The largest absolute Gasteiger partial charge is 0.467 e. The minimum Gasteiger partial charge on any atom is -0.467 e. The summed E-state index contributed by atoms with van der Waals surface area (Å²) in [6.45, 7) is 2.53. The molecule has 0 aliphatic carbocycles. The maximum Gasteiger partial charge on any atom is 0.268 e. The van der Waals surface area contributed by atoms with Gasteiger partial charge in [0.05, 0.1) is 24.5 Å². The van der Waals surface area contributed by atoms with E-state index in [0.29, 0.717) is 24.0 Å². The SMILES string of the molecule is COC1CCN(Cc2occc2C(=O)NN)CC1. The first-order valence-electron chi connectivity index (χ1n) is 6.07. The fraction of sp³-hybridized carbons (Fsp3) is 0.583. The molecule has 0 bridgehead atoms. The summed E-state index contributed by atoms with van der Waals surface area (Å²) in [5.41, 5.74) is 2.63. The van der Waals surface area contributed by atoms with Crippen LogP contribution in [-0.2, 0) is 11.3 Å². The van der Waals surface area contributed by atoms with Crippen molar-refractivity contribution in [2.45, 2.75) is 25.5 Å². The van der Waals surface area contributed by atoms with Crippen LogP contribution in [0.1, 0.15) is 29.0 Å². The van der Waals surface area contributed by atoms with E-state index in [4.69, 9.17) is 15.0 Å². The number of carbonyl (C=O) groups excluding carboxylic acids is 1. The Morgan fingerprint density at radius 2 is 2.33 bits per heavy atom. The van der Waals surface area contributed by atoms with E-state index in [0.717, 1.165) is 25.9 Å². The molecule has 1 aliphatic rings. The third-order valence-electron chi connectivity index (χ3n) is 3.36. The second-order valence-electron chi connectivity index (χ2n) is 4.44. The Labute approximate surface area is 106 Å². The van der Waals surface area contributed by atoms with E-state index in [-0.39, 0.29) is 5.91 Å². The number of rotatable bonds is 4. The van der Waals surface area contributed by atoms with Crippen LogP contribution in [0.3, 0.4) is 0 Å². The van der Waals surface area contributed by atoms with Crippen LogP contribution in [0.25, 0.3) is 0 Å². The average molecular weight is 253 g/mol. The molecule has 2 heterocycles. The molecular formula is C12H19N3O3. The Kier molecular flexibility index (Phi) is 4.35. The first-order chi connectivity index (χ1) is 8.74. The fourth-order valence-corrected chi connectivity index (χ4v) is 2.25. The summed E-state index contributed by atoms with van der Waals surface area (Å²) < 4.78 is 10.7. The predicted molar refractivity (Wildman–Crippen MR) is 65.7 cm³/mol. The molecule has 0 spiro atoms. The molecule has 1 aliphatic heterocycles. The number of carbonyl (C=O) groups is 1. The van der Waals surface area contributed by atoms with E-state index in [1.54, 1.807) is 13.2 Å². The highest BCUT2D eigenvalue weighted by molar-refractivity contribution is 5.94. The first-order valence-corrected chi connectivity index (χ1v) is 6.07. The van der Waals surface area contributed by atoms with Gasteiger partial charge in [-0.25, -0.2) is 5.84 Å². The van der Waals surface area contributed by atoms with Crippen molar-refractivity contribution in [3.63, 3.8) is 0 Å². The number of methoxy groups -OCH3 is 1. The summed E-state index contributed by atoms with van der Waals surface area (Å²) in [5.74, 6) is 5.48. The number of nitrogen functional groups attached to an aromatic ring is 1. The van der Waals surface area contributed by atoms with E-state index in [2.05, 4.69) is 10.3 Å². The highest BCUT2D eigenvalue weighted by atomic mass is 16.5. The van der Waals surface area contributed by atoms with Crippen LogP contribution in [-0.4, -0.2) is 37.1 Å². The Bertz CT molecular complexity index is 397. The molecule has 2 rings (SSSR count). The smallest absolute Gasteiger partial charge is 0.268 e. The summed E-state index contributed by atoms with van der Waals surface area (Å²) in [4.78, 5) is 13.8. The molecular weight excluding hydrogens is 234 g/mol. The van der Waals surface area contributed by atoms with Crippen molar-refractivity contribution in [2.24, 2.45) is 5.84 Å². The summed E-state index contributed by atoms with van der Waals surface area (Å²) in [5, 5.41) is 0. The van der Waals surface area contributed by atoms with Crippen LogP contribution in [0, 0.1) is 0 Å². The Hall–Kier alpha value is -1.37. The summed E-state index contributed by atoms with van der Waals surface area (Å²) in [6.07, 6.45) is 3.89. The highest BCUT2D eigenvalue weighted by Crippen LogP contribution is 2.18. The van der Waals surface area contributed by atoms with Crippen molar-refractivity contribution in [1.82, 2.24) is 10.3 Å². The summed E-state index contributed by atoms with van der Waals surface area (Å²) >= 11 is 0. The van der Waals surface area contributed by atoms with Gasteiger partial charge in [-0.15, -0.1) is 0 Å². The zero-order valence-corrected chi connectivity index (χ0v) is 10.5. The van der Waals surface area contributed by atoms with Crippen LogP contribution in [0.2, 0.25) is 0 Å². The number of hydrogen-bond acceptors (Lipinski definition) is 5. The van der Waals surface area contributed by atoms with Crippen LogP contribution in [0.5, 0.6) is 0 Å². The zero-order chi connectivity index (χ0) is 13.0. The maximum absolute atomic E-state index is 11.5. The fourth-order valence-electron chi connectivity index (χ4n) is 2.25. The molecule has 0 aromatic carbocycles.